The van der Waals surface area contributed by atoms with Gasteiger partial charge < -0.3 is 15.2 Å². The van der Waals surface area contributed by atoms with Gasteiger partial charge in [0.15, 0.2) is 0 Å². The molecule has 0 spiro atoms. The van der Waals surface area contributed by atoms with E-state index in [0.29, 0.717) is 13.0 Å². The minimum absolute atomic E-state index is 0.283. The van der Waals surface area contributed by atoms with Crippen LogP contribution in [-0.2, 0) is 6.42 Å². The molecular weight excluding hydrogens is 178 g/mol. The highest BCUT2D eigenvalue weighted by Gasteiger charge is 2.19. The molecule has 0 saturated heterocycles. The summed E-state index contributed by atoms with van der Waals surface area (Å²) in [6.45, 7) is 2.64. The topological polar surface area (TPSA) is 41.5 Å². The molecule has 1 unspecified atom stereocenters. The van der Waals surface area contributed by atoms with Gasteiger partial charge in [-0.1, -0.05) is 6.07 Å². The summed E-state index contributed by atoms with van der Waals surface area (Å²) in [5, 5.41) is 12.7. The van der Waals surface area contributed by atoms with Crippen LogP contribution in [0.25, 0.3) is 0 Å². The molecular formula is C11H15NO2. The lowest BCUT2D eigenvalue weighted by atomic mass is 9.99. The zero-order chi connectivity index (χ0) is 10.1. The number of nitrogens with one attached hydrogen (secondary N) is 1. The molecule has 0 fully saturated rings. The maximum absolute atomic E-state index is 9.51. The van der Waals surface area contributed by atoms with E-state index >= 15 is 0 Å². The molecule has 1 aromatic rings. The van der Waals surface area contributed by atoms with Crippen molar-refractivity contribution in [3.05, 3.63) is 23.3 Å². The quantitative estimate of drug-likeness (QED) is 0.707. The van der Waals surface area contributed by atoms with E-state index in [1.165, 1.54) is 0 Å². The van der Waals surface area contributed by atoms with Gasteiger partial charge in [-0.2, -0.15) is 0 Å². The Morgan fingerprint density at radius 3 is 3.00 bits per heavy atom. The zero-order valence-electron chi connectivity index (χ0n) is 8.50. The Hall–Kier alpha value is -1.22. The smallest absolute Gasteiger partial charge is 0.142 e. The summed E-state index contributed by atoms with van der Waals surface area (Å²) < 4.78 is 5.28. The second-order valence-corrected chi connectivity index (χ2v) is 3.74. The number of hydrogen-bond acceptors (Lipinski definition) is 3. The molecule has 1 heterocycles. The lowest BCUT2D eigenvalue weighted by Crippen LogP contribution is -2.27. The Kier molecular flexibility index (Phi) is 2.33. The molecule has 3 heteroatoms. The number of aryl methyl sites for hydroxylation is 1. The van der Waals surface area contributed by atoms with E-state index in [4.69, 9.17) is 4.74 Å². The number of methoxy groups -OCH3 is 1. The lowest BCUT2D eigenvalue weighted by Gasteiger charge is -2.24. The first-order valence-corrected chi connectivity index (χ1v) is 4.80. The van der Waals surface area contributed by atoms with E-state index in [1.54, 1.807) is 7.11 Å². The lowest BCUT2D eigenvalue weighted by molar-refractivity contribution is 0.184. The molecule has 0 radical (unpaired) electrons. The number of hydrogen-bond donors (Lipinski definition) is 2. The number of benzene rings is 1. The molecule has 1 aliphatic rings. The van der Waals surface area contributed by atoms with Crippen molar-refractivity contribution in [3.8, 4) is 5.75 Å². The van der Waals surface area contributed by atoms with E-state index in [1.807, 2.05) is 13.0 Å². The Labute approximate surface area is 83.7 Å². The summed E-state index contributed by atoms with van der Waals surface area (Å²) in [6, 6.07) is 4.09. The van der Waals surface area contributed by atoms with Gasteiger partial charge in [0.2, 0.25) is 0 Å². The number of aliphatic hydroxyl groups is 1. The van der Waals surface area contributed by atoms with Gasteiger partial charge in [0.05, 0.1) is 18.9 Å². The predicted octanol–water partition coefficient (Wildman–Crippen LogP) is 1.33. The molecule has 0 bridgehead atoms. The third-order valence-electron chi connectivity index (χ3n) is 2.52. The van der Waals surface area contributed by atoms with Crippen LogP contribution in [0.5, 0.6) is 5.75 Å². The van der Waals surface area contributed by atoms with Gasteiger partial charge in [0.1, 0.15) is 5.75 Å². The first-order chi connectivity index (χ1) is 6.70. The summed E-state index contributed by atoms with van der Waals surface area (Å²) >= 11 is 0. The van der Waals surface area contributed by atoms with Crippen molar-refractivity contribution >= 4 is 5.69 Å². The first-order valence-electron chi connectivity index (χ1n) is 4.80. The number of ether oxygens (including phenoxy) is 1. The number of anilines is 1. The fraction of sp³-hybridized carbons (Fsp3) is 0.455. The Morgan fingerprint density at radius 1 is 1.50 bits per heavy atom. The highest BCUT2D eigenvalue weighted by molar-refractivity contribution is 5.65. The van der Waals surface area contributed by atoms with Crippen LogP contribution >= 0.6 is 0 Å². The molecule has 0 aliphatic carbocycles. The standard InChI is InChI=1S/C11H15NO2/c1-7-3-8-5-9(13)6-12-11(8)10(4-7)14-2/h3-4,9,12-13H,5-6H2,1-2H3. The molecule has 2 N–H and O–H groups in total. The summed E-state index contributed by atoms with van der Waals surface area (Å²) in [5.41, 5.74) is 3.33. The van der Waals surface area contributed by atoms with Crippen molar-refractivity contribution in [1.29, 1.82) is 0 Å². The second-order valence-electron chi connectivity index (χ2n) is 3.74. The molecule has 2 rings (SSSR count). The molecule has 3 nitrogen and oxygen atoms in total. The van der Waals surface area contributed by atoms with Crippen LogP contribution in [0.1, 0.15) is 11.1 Å². The van der Waals surface area contributed by atoms with E-state index in [0.717, 1.165) is 22.6 Å². The fourth-order valence-electron chi connectivity index (χ4n) is 1.89. The van der Waals surface area contributed by atoms with Crippen molar-refractivity contribution in [2.45, 2.75) is 19.4 Å². The first kappa shape index (κ1) is 9.34. The molecule has 76 valence electrons. The van der Waals surface area contributed by atoms with Gasteiger partial charge in [-0.05, 0) is 24.1 Å². The highest BCUT2D eigenvalue weighted by Crippen LogP contribution is 2.33. The summed E-state index contributed by atoms with van der Waals surface area (Å²) in [5.74, 6) is 0.867. The molecule has 0 saturated carbocycles. The largest absolute Gasteiger partial charge is 0.495 e. The normalized spacial score (nSPS) is 19.8. The van der Waals surface area contributed by atoms with Crippen LogP contribution in [0.2, 0.25) is 0 Å². The van der Waals surface area contributed by atoms with Crippen molar-refractivity contribution in [2.24, 2.45) is 0 Å². The maximum Gasteiger partial charge on any atom is 0.142 e. The van der Waals surface area contributed by atoms with Crippen LogP contribution in [0, 0.1) is 6.92 Å². The minimum atomic E-state index is -0.283. The van der Waals surface area contributed by atoms with Crippen LogP contribution in [0.3, 0.4) is 0 Å². The summed E-state index contributed by atoms with van der Waals surface area (Å²) in [7, 11) is 1.67. The van der Waals surface area contributed by atoms with E-state index < -0.39 is 0 Å². The number of aliphatic hydroxyl groups excluding tert-OH is 1. The fourth-order valence-corrected chi connectivity index (χ4v) is 1.89. The summed E-state index contributed by atoms with van der Waals surface area (Å²) in [6.07, 6.45) is 0.425. The SMILES string of the molecule is COc1cc(C)cc2c1NCC(O)C2. The Morgan fingerprint density at radius 2 is 2.29 bits per heavy atom. The second kappa shape index (κ2) is 3.50. The molecule has 1 aliphatic heterocycles. The highest BCUT2D eigenvalue weighted by atomic mass is 16.5. The van der Waals surface area contributed by atoms with Gasteiger partial charge in [-0.3, -0.25) is 0 Å². The van der Waals surface area contributed by atoms with E-state index in [-0.39, 0.29) is 6.10 Å². The van der Waals surface area contributed by atoms with Crippen LogP contribution in [0.4, 0.5) is 5.69 Å². The van der Waals surface area contributed by atoms with E-state index in [2.05, 4.69) is 11.4 Å². The van der Waals surface area contributed by atoms with Crippen LogP contribution in [-0.4, -0.2) is 24.9 Å². The van der Waals surface area contributed by atoms with Crippen molar-refractivity contribution in [2.75, 3.05) is 19.0 Å². The zero-order valence-corrected chi connectivity index (χ0v) is 8.50. The number of β-amino-alcohol motifs (C(OH)–C–C–N with tert-alkyl or cyclic N) is 1. The Bertz CT molecular complexity index is 349. The van der Waals surface area contributed by atoms with Gasteiger partial charge >= 0.3 is 0 Å². The van der Waals surface area contributed by atoms with Crippen molar-refractivity contribution < 1.29 is 9.84 Å². The van der Waals surface area contributed by atoms with Crippen molar-refractivity contribution in [3.63, 3.8) is 0 Å². The molecule has 0 aromatic heterocycles. The molecule has 1 atom stereocenters. The maximum atomic E-state index is 9.51. The van der Waals surface area contributed by atoms with Gasteiger partial charge in [0, 0.05) is 13.0 Å². The Balaban J connectivity index is 2.46. The molecule has 1 aromatic carbocycles. The monoisotopic (exact) mass is 193 g/mol. The average Bonchev–Trinajstić information content (AvgIpc) is 2.15. The molecule has 0 amide bonds. The van der Waals surface area contributed by atoms with Crippen LogP contribution < -0.4 is 10.1 Å². The van der Waals surface area contributed by atoms with Gasteiger partial charge in [0.25, 0.3) is 0 Å². The summed E-state index contributed by atoms with van der Waals surface area (Å²) in [4.78, 5) is 0. The van der Waals surface area contributed by atoms with Gasteiger partial charge in [-0.25, -0.2) is 0 Å². The number of rotatable bonds is 1. The van der Waals surface area contributed by atoms with Gasteiger partial charge in [-0.15, -0.1) is 0 Å². The minimum Gasteiger partial charge on any atom is -0.495 e. The third kappa shape index (κ3) is 1.55. The predicted molar refractivity (Wildman–Crippen MR) is 55.9 cm³/mol. The average molecular weight is 193 g/mol. The third-order valence-corrected chi connectivity index (χ3v) is 2.52. The van der Waals surface area contributed by atoms with Crippen LogP contribution in [0.15, 0.2) is 12.1 Å². The number of fused-ring (bicyclic) bond motifs is 1. The van der Waals surface area contributed by atoms with Crippen molar-refractivity contribution in [1.82, 2.24) is 0 Å². The van der Waals surface area contributed by atoms with E-state index in [9.17, 15) is 5.11 Å². The molecule has 14 heavy (non-hydrogen) atoms.